The molecule has 0 aliphatic rings. The molecule has 16 heteroatoms. The van der Waals surface area contributed by atoms with Crippen molar-refractivity contribution >= 4 is 29.8 Å². The average Bonchev–Trinajstić information content (AvgIpc) is 3.03. The zero-order chi connectivity index (χ0) is 41.2. The fourth-order valence-electron chi connectivity index (χ4n) is 4.35. The molecule has 0 bridgehead atoms. The third kappa shape index (κ3) is 31.3. The summed E-state index contributed by atoms with van der Waals surface area (Å²) in [5, 5.41) is 7.99. The Morgan fingerprint density at radius 1 is 0.574 bits per heavy atom. The first kappa shape index (κ1) is 51.0. The maximum atomic E-state index is 13.1. The van der Waals surface area contributed by atoms with Crippen molar-refractivity contribution in [2.75, 3.05) is 79.5 Å². The van der Waals surface area contributed by atoms with Crippen LogP contribution in [-0.2, 0) is 52.3 Å². The lowest BCUT2D eigenvalue weighted by Crippen LogP contribution is -2.53. The molecule has 0 aliphatic carbocycles. The van der Waals surface area contributed by atoms with Gasteiger partial charge >= 0.3 is 23.9 Å². The maximum absolute atomic E-state index is 13.1. The highest BCUT2D eigenvalue weighted by Gasteiger charge is 2.31. The molecule has 0 fully saturated rings. The van der Waals surface area contributed by atoms with Gasteiger partial charge in [0.25, 0.3) is 0 Å². The van der Waals surface area contributed by atoms with Crippen LogP contribution < -0.4 is 16.0 Å². The number of esters is 3. The number of carbonyl (C=O) groups excluding carboxylic acids is 5. The number of carbonyl (C=O) groups is 5. The fraction of sp³-hybridized carbons (Fsp3) is 0.868. The number of rotatable bonds is 28. The van der Waals surface area contributed by atoms with E-state index in [1.54, 1.807) is 62.3 Å². The first-order valence-electron chi connectivity index (χ1n) is 19.1. The number of nitrogens with zero attached hydrogens (tertiary/aromatic N) is 1. The molecular formula is C38H72N4O12. The minimum absolute atomic E-state index is 0.0726. The van der Waals surface area contributed by atoms with Crippen LogP contribution in [0.25, 0.3) is 0 Å². The van der Waals surface area contributed by atoms with Gasteiger partial charge in [0, 0.05) is 25.9 Å². The highest BCUT2D eigenvalue weighted by Crippen LogP contribution is 2.15. The molecule has 0 heterocycles. The number of ether oxygens (including phenoxy) is 7. The summed E-state index contributed by atoms with van der Waals surface area (Å²) < 4.78 is 38.3. The van der Waals surface area contributed by atoms with Gasteiger partial charge in [-0.1, -0.05) is 6.92 Å². The minimum atomic E-state index is -1.18. The quantitative estimate of drug-likeness (QED) is 0.0596. The van der Waals surface area contributed by atoms with E-state index < -0.39 is 52.8 Å². The third-order valence-electron chi connectivity index (χ3n) is 7.04. The van der Waals surface area contributed by atoms with Crippen molar-refractivity contribution in [3.8, 4) is 0 Å². The van der Waals surface area contributed by atoms with Gasteiger partial charge in [-0.15, -0.1) is 0 Å². The molecule has 0 saturated heterocycles. The lowest BCUT2D eigenvalue weighted by Gasteiger charge is -2.27. The highest BCUT2D eigenvalue weighted by atomic mass is 16.6. The van der Waals surface area contributed by atoms with E-state index in [9.17, 15) is 24.0 Å². The Bertz CT molecular complexity index is 1090. The molecule has 54 heavy (non-hydrogen) atoms. The molecule has 0 aromatic carbocycles. The van der Waals surface area contributed by atoms with Crippen molar-refractivity contribution in [1.82, 2.24) is 20.9 Å². The predicted octanol–water partition coefficient (Wildman–Crippen LogP) is 3.52. The molecule has 3 amide bonds. The zero-order valence-electron chi connectivity index (χ0n) is 35.0. The standard InChI is InChI=1S/C38H72N4O12/c1-12-42(11)20-22-49-24-26-51-28-27-50-25-23-48-21-18-31(43)39-19-14-13-15-29(33(45)53-37(5,6)7)40-35(47)41-30(34(46)54-38(8,9)10)16-17-32(44)52-36(2,3)4/h29-30H,12-28H2,1-11H3,(H,39,43)(H2,40,41,47)/t29-,30-/m0/s1. The lowest BCUT2D eigenvalue weighted by atomic mass is 10.1. The summed E-state index contributed by atoms with van der Waals surface area (Å²) in [6.07, 6.45) is 1.19. The van der Waals surface area contributed by atoms with Crippen LogP contribution in [-0.4, -0.2) is 143 Å². The Balaban J connectivity index is 4.62. The number of hydrogen-bond donors (Lipinski definition) is 3. The average molecular weight is 777 g/mol. The highest BCUT2D eigenvalue weighted by molar-refractivity contribution is 5.87. The van der Waals surface area contributed by atoms with Crippen LogP contribution in [0.3, 0.4) is 0 Å². The van der Waals surface area contributed by atoms with Gasteiger partial charge < -0.3 is 54.0 Å². The van der Waals surface area contributed by atoms with Crippen LogP contribution >= 0.6 is 0 Å². The Labute approximate surface area is 323 Å². The summed E-state index contributed by atoms with van der Waals surface area (Å²) in [4.78, 5) is 65.8. The van der Waals surface area contributed by atoms with Crippen LogP contribution in [0.2, 0.25) is 0 Å². The van der Waals surface area contributed by atoms with Gasteiger partial charge in [-0.05, 0) is 102 Å². The van der Waals surface area contributed by atoms with E-state index in [4.69, 9.17) is 33.2 Å². The second kappa shape index (κ2) is 27.5. The summed E-state index contributed by atoms with van der Waals surface area (Å²) >= 11 is 0. The molecule has 0 spiro atoms. The molecule has 2 atom stereocenters. The van der Waals surface area contributed by atoms with Gasteiger partial charge in [0.05, 0.1) is 52.9 Å². The van der Waals surface area contributed by atoms with E-state index in [0.717, 1.165) is 13.1 Å². The van der Waals surface area contributed by atoms with Crippen LogP contribution in [0.1, 0.15) is 108 Å². The molecule has 0 radical (unpaired) electrons. The van der Waals surface area contributed by atoms with Gasteiger partial charge in [0.1, 0.15) is 28.9 Å². The molecule has 316 valence electrons. The molecule has 0 rings (SSSR count). The van der Waals surface area contributed by atoms with Crippen LogP contribution in [0.4, 0.5) is 4.79 Å². The van der Waals surface area contributed by atoms with Crippen LogP contribution in [0.5, 0.6) is 0 Å². The zero-order valence-corrected chi connectivity index (χ0v) is 35.0. The summed E-state index contributed by atoms with van der Waals surface area (Å²) in [5.41, 5.74) is -2.36. The second-order valence-corrected chi connectivity index (χ2v) is 15.9. The third-order valence-corrected chi connectivity index (χ3v) is 7.04. The van der Waals surface area contributed by atoms with E-state index in [-0.39, 0.29) is 38.2 Å². The number of hydrogen-bond acceptors (Lipinski definition) is 13. The molecule has 0 saturated carbocycles. The topological polar surface area (TPSA) is 189 Å². The normalized spacial score (nSPS) is 13.2. The summed E-state index contributed by atoms with van der Waals surface area (Å²) in [6.45, 7) is 23.4. The van der Waals surface area contributed by atoms with Gasteiger partial charge in [0.15, 0.2) is 0 Å². The second-order valence-electron chi connectivity index (χ2n) is 15.9. The number of urea groups is 1. The van der Waals surface area contributed by atoms with Crippen molar-refractivity contribution < 1.29 is 57.1 Å². The molecule has 3 N–H and O–H groups in total. The summed E-state index contributed by atoms with van der Waals surface area (Å²) in [5.74, 6) is -2.08. The van der Waals surface area contributed by atoms with E-state index in [1.165, 1.54) is 0 Å². The number of unbranched alkanes of at least 4 members (excludes halogenated alkanes) is 1. The molecule has 0 unspecified atom stereocenters. The van der Waals surface area contributed by atoms with Gasteiger partial charge in [-0.3, -0.25) is 9.59 Å². The Morgan fingerprint density at radius 3 is 1.48 bits per heavy atom. The first-order chi connectivity index (χ1) is 25.1. The molecule has 0 aliphatic heterocycles. The summed E-state index contributed by atoms with van der Waals surface area (Å²) in [7, 11) is 2.05. The van der Waals surface area contributed by atoms with Gasteiger partial charge in [-0.25, -0.2) is 14.4 Å². The Morgan fingerprint density at radius 2 is 1.02 bits per heavy atom. The van der Waals surface area contributed by atoms with E-state index in [0.29, 0.717) is 65.6 Å². The van der Waals surface area contributed by atoms with Crippen molar-refractivity contribution in [3.05, 3.63) is 0 Å². The number of amides is 3. The predicted molar refractivity (Wildman–Crippen MR) is 204 cm³/mol. The van der Waals surface area contributed by atoms with Crippen molar-refractivity contribution in [1.29, 1.82) is 0 Å². The van der Waals surface area contributed by atoms with Crippen molar-refractivity contribution in [2.24, 2.45) is 0 Å². The van der Waals surface area contributed by atoms with E-state index in [2.05, 4.69) is 27.8 Å². The van der Waals surface area contributed by atoms with Crippen molar-refractivity contribution in [2.45, 2.75) is 137 Å². The van der Waals surface area contributed by atoms with Gasteiger partial charge in [0.2, 0.25) is 5.91 Å². The van der Waals surface area contributed by atoms with Crippen LogP contribution in [0.15, 0.2) is 0 Å². The Kier molecular flexibility index (Phi) is 26.0. The molecule has 16 nitrogen and oxygen atoms in total. The van der Waals surface area contributed by atoms with Crippen LogP contribution in [0, 0.1) is 0 Å². The van der Waals surface area contributed by atoms with Gasteiger partial charge in [-0.2, -0.15) is 0 Å². The molecule has 0 aromatic heterocycles. The lowest BCUT2D eigenvalue weighted by molar-refractivity contribution is -0.159. The Hall–Kier alpha value is -3.05. The van der Waals surface area contributed by atoms with E-state index in [1.807, 2.05) is 7.05 Å². The summed E-state index contributed by atoms with van der Waals surface area (Å²) in [6, 6.07) is -3.02. The number of nitrogens with one attached hydrogen (secondary N) is 3. The maximum Gasteiger partial charge on any atom is 0.329 e. The smallest absolute Gasteiger partial charge is 0.329 e. The first-order valence-corrected chi connectivity index (χ1v) is 19.1. The molecular weight excluding hydrogens is 704 g/mol. The SMILES string of the molecule is CCN(C)CCOCCOCCOCCOCCC(=O)NCCCC[C@H](NC(=O)N[C@@H](CCC(=O)OC(C)(C)C)C(=O)OC(C)(C)C)C(=O)OC(C)(C)C. The van der Waals surface area contributed by atoms with Crippen molar-refractivity contribution in [3.63, 3.8) is 0 Å². The molecule has 0 aromatic rings. The fourth-order valence-corrected chi connectivity index (χ4v) is 4.35. The minimum Gasteiger partial charge on any atom is -0.460 e. The number of likely N-dealkylation sites (N-methyl/N-ethyl adjacent to an activating group) is 1. The monoisotopic (exact) mass is 777 g/mol. The van der Waals surface area contributed by atoms with E-state index >= 15 is 0 Å². The largest absolute Gasteiger partial charge is 0.460 e.